The highest BCUT2D eigenvalue weighted by Crippen LogP contribution is 2.27. The van der Waals surface area contributed by atoms with Gasteiger partial charge in [-0.25, -0.2) is 4.39 Å². The maximum atomic E-state index is 13.5. The molecule has 0 unspecified atom stereocenters. The van der Waals surface area contributed by atoms with Gasteiger partial charge in [0, 0.05) is 21.2 Å². The van der Waals surface area contributed by atoms with Crippen molar-refractivity contribution in [3.8, 4) is 5.75 Å². The third-order valence-electron chi connectivity index (χ3n) is 2.91. The average molecular weight is 494 g/mol. The van der Waals surface area contributed by atoms with Crippen LogP contribution in [0.2, 0.25) is 0 Å². The molecule has 0 aliphatic rings. The van der Waals surface area contributed by atoms with Crippen LogP contribution in [0.15, 0.2) is 40.9 Å². The smallest absolute Gasteiger partial charge is 0.256 e. The second-order valence-electron chi connectivity index (χ2n) is 4.56. The minimum Gasteiger partial charge on any atom is -0.489 e. The monoisotopic (exact) mass is 493 g/mol. The van der Waals surface area contributed by atoms with Gasteiger partial charge in [0.15, 0.2) is 0 Å². The van der Waals surface area contributed by atoms with E-state index >= 15 is 0 Å². The van der Waals surface area contributed by atoms with Crippen LogP contribution in [0.25, 0.3) is 0 Å². The third-order valence-corrected chi connectivity index (χ3v) is 4.34. The summed E-state index contributed by atoms with van der Waals surface area (Å²) in [5, 5.41) is 2.69. The summed E-state index contributed by atoms with van der Waals surface area (Å²) in [7, 11) is 1.56. The van der Waals surface area contributed by atoms with E-state index in [9.17, 15) is 9.18 Å². The van der Waals surface area contributed by atoms with Gasteiger partial charge in [-0.3, -0.25) is 4.79 Å². The number of benzene rings is 2. The molecule has 2 aromatic rings. The first kappa shape index (κ1) is 18.2. The zero-order chi connectivity index (χ0) is 16.8. The fraction of sp³-hybridized carbons (Fsp3) is 0.188. The minimum absolute atomic E-state index is 0.280. The minimum atomic E-state index is -0.455. The van der Waals surface area contributed by atoms with Crippen LogP contribution in [-0.2, 0) is 4.74 Å². The summed E-state index contributed by atoms with van der Waals surface area (Å²) in [6.45, 7) is 0.702. The van der Waals surface area contributed by atoms with E-state index in [1.54, 1.807) is 13.2 Å². The second kappa shape index (κ2) is 8.60. The lowest BCUT2D eigenvalue weighted by Gasteiger charge is -2.13. The predicted octanol–water partition coefficient (Wildman–Crippen LogP) is 4.47. The molecule has 0 aliphatic carbocycles. The van der Waals surface area contributed by atoms with Gasteiger partial charge in [-0.2, -0.15) is 0 Å². The Balaban J connectivity index is 2.22. The summed E-state index contributed by atoms with van der Waals surface area (Å²) in [5.74, 6) is -0.400. The Morgan fingerprint density at radius 2 is 2.04 bits per heavy atom. The summed E-state index contributed by atoms with van der Waals surface area (Å²) < 4.78 is 25.5. The van der Waals surface area contributed by atoms with Crippen molar-refractivity contribution in [1.82, 2.24) is 0 Å². The molecule has 122 valence electrons. The van der Waals surface area contributed by atoms with E-state index in [0.717, 1.165) is 8.04 Å². The van der Waals surface area contributed by atoms with Gasteiger partial charge in [0.05, 0.1) is 17.9 Å². The van der Waals surface area contributed by atoms with Crippen molar-refractivity contribution in [2.45, 2.75) is 0 Å². The maximum absolute atomic E-state index is 13.5. The Kier molecular flexibility index (Phi) is 6.79. The average Bonchev–Trinajstić information content (AvgIpc) is 2.52. The van der Waals surface area contributed by atoms with Gasteiger partial charge < -0.3 is 14.8 Å². The topological polar surface area (TPSA) is 47.6 Å². The molecule has 0 spiro atoms. The number of ether oxygens (including phenoxy) is 2. The number of hydrogen-bond donors (Lipinski definition) is 1. The number of amides is 1. The Morgan fingerprint density at radius 1 is 1.26 bits per heavy atom. The van der Waals surface area contributed by atoms with E-state index in [1.165, 1.54) is 18.2 Å². The van der Waals surface area contributed by atoms with Crippen molar-refractivity contribution in [2.24, 2.45) is 0 Å². The van der Waals surface area contributed by atoms with Crippen LogP contribution in [0, 0.1) is 9.39 Å². The number of rotatable bonds is 6. The summed E-state index contributed by atoms with van der Waals surface area (Å²) in [6.07, 6.45) is 0. The van der Waals surface area contributed by atoms with Gasteiger partial charge in [-0.05, 0) is 52.9 Å². The van der Waals surface area contributed by atoms with Crippen molar-refractivity contribution in [3.63, 3.8) is 0 Å². The number of carbonyl (C=O) groups excluding carboxylic acids is 1. The van der Waals surface area contributed by atoms with Crippen LogP contribution in [-0.4, -0.2) is 26.2 Å². The number of methoxy groups -OCH3 is 1. The molecule has 0 atom stereocenters. The van der Waals surface area contributed by atoms with Crippen molar-refractivity contribution >= 4 is 50.1 Å². The molecule has 0 saturated carbocycles. The molecular weight excluding hydrogens is 480 g/mol. The van der Waals surface area contributed by atoms with E-state index in [-0.39, 0.29) is 11.6 Å². The summed E-state index contributed by atoms with van der Waals surface area (Å²) in [6, 6.07) is 9.36. The SMILES string of the molecule is COCCOc1ccc(F)cc1NC(=O)c1cc(Br)ccc1I. The van der Waals surface area contributed by atoms with Gasteiger partial charge in [-0.1, -0.05) is 15.9 Å². The number of hydrogen-bond acceptors (Lipinski definition) is 3. The molecule has 0 bridgehead atoms. The molecule has 0 radical (unpaired) electrons. The molecule has 2 rings (SSSR count). The normalized spacial score (nSPS) is 10.4. The van der Waals surface area contributed by atoms with Gasteiger partial charge >= 0.3 is 0 Å². The quantitative estimate of drug-likeness (QED) is 0.477. The fourth-order valence-corrected chi connectivity index (χ4v) is 2.76. The number of carbonyl (C=O) groups is 1. The van der Waals surface area contributed by atoms with E-state index in [1.807, 2.05) is 12.1 Å². The number of anilines is 1. The molecule has 2 aromatic carbocycles. The van der Waals surface area contributed by atoms with Crippen molar-refractivity contribution in [3.05, 3.63) is 55.8 Å². The second-order valence-corrected chi connectivity index (χ2v) is 6.64. The van der Waals surface area contributed by atoms with E-state index in [0.29, 0.717) is 24.5 Å². The fourth-order valence-electron chi connectivity index (χ4n) is 1.82. The molecule has 7 heteroatoms. The van der Waals surface area contributed by atoms with E-state index in [4.69, 9.17) is 9.47 Å². The molecule has 1 amide bonds. The van der Waals surface area contributed by atoms with Gasteiger partial charge in [-0.15, -0.1) is 0 Å². The molecular formula is C16H14BrFINO3. The van der Waals surface area contributed by atoms with Gasteiger partial charge in [0.1, 0.15) is 18.2 Å². The first-order valence-electron chi connectivity index (χ1n) is 6.69. The van der Waals surface area contributed by atoms with Crippen LogP contribution in [0.5, 0.6) is 5.75 Å². The molecule has 0 heterocycles. The molecule has 0 aliphatic heterocycles. The Hall–Kier alpha value is -1.19. The van der Waals surface area contributed by atoms with Crippen molar-refractivity contribution < 1.29 is 18.7 Å². The highest BCUT2D eigenvalue weighted by atomic mass is 127. The Morgan fingerprint density at radius 3 is 2.78 bits per heavy atom. The van der Waals surface area contributed by atoms with Gasteiger partial charge in [0.2, 0.25) is 0 Å². The van der Waals surface area contributed by atoms with E-state index in [2.05, 4.69) is 43.8 Å². The summed E-state index contributed by atoms with van der Waals surface area (Å²) in [4.78, 5) is 12.4. The predicted molar refractivity (Wildman–Crippen MR) is 98.6 cm³/mol. The largest absolute Gasteiger partial charge is 0.489 e. The Labute approximate surface area is 155 Å². The number of nitrogens with one attached hydrogen (secondary N) is 1. The first-order chi connectivity index (χ1) is 11.0. The highest BCUT2D eigenvalue weighted by Gasteiger charge is 2.14. The maximum Gasteiger partial charge on any atom is 0.256 e. The van der Waals surface area contributed by atoms with Crippen LogP contribution in [0.4, 0.5) is 10.1 Å². The zero-order valence-corrected chi connectivity index (χ0v) is 16.0. The standard InChI is InChI=1S/C16H14BrFINO3/c1-22-6-7-23-15-5-3-11(18)9-14(15)20-16(21)12-8-10(17)2-4-13(12)19/h2-5,8-9H,6-7H2,1H3,(H,20,21). The third kappa shape index (κ3) is 5.15. The molecule has 23 heavy (non-hydrogen) atoms. The lowest BCUT2D eigenvalue weighted by molar-refractivity contribution is 0.102. The van der Waals surface area contributed by atoms with Crippen LogP contribution in [0.1, 0.15) is 10.4 Å². The number of halogens is 3. The molecule has 0 aromatic heterocycles. The van der Waals surface area contributed by atoms with Gasteiger partial charge in [0.25, 0.3) is 5.91 Å². The summed E-state index contributed by atoms with van der Waals surface area (Å²) >= 11 is 5.41. The van der Waals surface area contributed by atoms with E-state index < -0.39 is 5.82 Å². The zero-order valence-electron chi connectivity index (χ0n) is 12.2. The lowest BCUT2D eigenvalue weighted by atomic mass is 10.2. The van der Waals surface area contributed by atoms with Crippen LogP contribution >= 0.6 is 38.5 Å². The van der Waals surface area contributed by atoms with Crippen LogP contribution < -0.4 is 10.1 Å². The van der Waals surface area contributed by atoms with Crippen molar-refractivity contribution in [1.29, 1.82) is 0 Å². The molecule has 0 fully saturated rings. The Bertz CT molecular complexity index is 712. The lowest BCUT2D eigenvalue weighted by Crippen LogP contribution is -2.15. The summed E-state index contributed by atoms with van der Waals surface area (Å²) in [5.41, 5.74) is 0.772. The van der Waals surface area contributed by atoms with Crippen molar-refractivity contribution in [2.75, 3.05) is 25.6 Å². The van der Waals surface area contributed by atoms with Crippen LogP contribution in [0.3, 0.4) is 0 Å². The first-order valence-corrected chi connectivity index (χ1v) is 8.56. The highest BCUT2D eigenvalue weighted by molar-refractivity contribution is 14.1. The molecule has 4 nitrogen and oxygen atoms in total. The molecule has 1 N–H and O–H groups in total. The molecule has 0 saturated heterocycles.